The number of anilines is 1. The van der Waals surface area contributed by atoms with Gasteiger partial charge in [0.15, 0.2) is 13.1 Å². The van der Waals surface area contributed by atoms with Crippen LogP contribution in [-0.2, 0) is 9.59 Å². The van der Waals surface area contributed by atoms with Gasteiger partial charge in [-0.25, -0.2) is 0 Å². The normalized spacial score (nSPS) is 21.5. The first-order chi connectivity index (χ1) is 12.3. The first-order valence-corrected chi connectivity index (χ1v) is 9.22. The van der Waals surface area contributed by atoms with Gasteiger partial charge in [-0.3, -0.25) is 14.5 Å². The zero-order chi connectivity index (χ0) is 18.9. The number of ether oxygens (including phenoxy) is 1. The van der Waals surface area contributed by atoms with E-state index in [2.05, 4.69) is 18.3 Å². The summed E-state index contributed by atoms with van der Waals surface area (Å²) >= 11 is 0. The molecule has 3 rings (SSSR count). The highest BCUT2D eigenvalue weighted by Crippen LogP contribution is 2.40. The van der Waals surface area contributed by atoms with Crippen molar-refractivity contribution >= 4 is 23.1 Å². The highest BCUT2D eigenvalue weighted by Gasteiger charge is 2.37. The average molecular weight is 358 g/mol. The molecule has 2 aliphatic heterocycles. The minimum absolute atomic E-state index is 0.00875. The Bertz CT molecular complexity index is 755. The molecule has 0 aromatic heterocycles. The number of carbonyl (C=O) groups is 2. The average Bonchev–Trinajstić information content (AvgIpc) is 2.55. The third-order valence-electron chi connectivity index (χ3n) is 4.95. The Labute approximate surface area is 154 Å². The lowest BCUT2D eigenvalue weighted by atomic mass is 9.88. The van der Waals surface area contributed by atoms with Gasteiger partial charge in [0.05, 0.1) is 30.9 Å². The smallest absolute Gasteiger partial charge is 0.282 e. The quantitative estimate of drug-likeness (QED) is 0.830. The molecule has 2 amide bonds. The maximum atomic E-state index is 13.2. The van der Waals surface area contributed by atoms with Gasteiger partial charge in [-0.15, -0.1) is 0 Å². The van der Waals surface area contributed by atoms with Crippen LogP contribution >= 0.6 is 0 Å². The Balaban J connectivity index is 1.90. The highest BCUT2D eigenvalue weighted by molar-refractivity contribution is 6.01. The molecule has 2 aliphatic rings. The molecule has 2 heterocycles. The minimum atomic E-state index is -0.418. The zero-order valence-electron chi connectivity index (χ0n) is 16.0. The van der Waals surface area contributed by atoms with E-state index in [-0.39, 0.29) is 11.8 Å². The molecule has 6 heteroatoms. The van der Waals surface area contributed by atoms with Crippen LogP contribution in [0.5, 0.6) is 5.75 Å². The van der Waals surface area contributed by atoms with Crippen molar-refractivity contribution in [2.45, 2.75) is 33.2 Å². The maximum absolute atomic E-state index is 13.2. The van der Waals surface area contributed by atoms with E-state index < -0.39 is 5.54 Å². The fraction of sp³-hybridized carbons (Fsp3) is 0.500. The molecule has 140 valence electrons. The predicted molar refractivity (Wildman–Crippen MR) is 101 cm³/mol. The number of fused-ring (bicyclic) bond motifs is 1. The number of carbonyl (C=O) groups excluding carboxylic acids is 2. The van der Waals surface area contributed by atoms with E-state index in [9.17, 15) is 9.59 Å². The summed E-state index contributed by atoms with van der Waals surface area (Å²) in [4.78, 5) is 27.7. The van der Waals surface area contributed by atoms with Crippen molar-refractivity contribution in [3.63, 3.8) is 0 Å². The van der Waals surface area contributed by atoms with E-state index in [1.807, 2.05) is 43.9 Å². The number of rotatable bonds is 4. The van der Waals surface area contributed by atoms with Gasteiger partial charge in [-0.1, -0.05) is 6.08 Å². The predicted octanol–water partition coefficient (Wildman–Crippen LogP) is 0.629. The number of hydrogen-bond donors (Lipinski definition) is 2. The Morgan fingerprint density at radius 2 is 2.15 bits per heavy atom. The Hall–Kier alpha value is -2.34. The zero-order valence-corrected chi connectivity index (χ0v) is 16.0. The van der Waals surface area contributed by atoms with E-state index in [0.717, 1.165) is 34.0 Å². The molecule has 1 aromatic rings. The Kier molecular flexibility index (Phi) is 5.05. The van der Waals surface area contributed by atoms with Crippen LogP contribution < -0.4 is 19.9 Å². The van der Waals surface area contributed by atoms with Crippen molar-refractivity contribution in [3.8, 4) is 5.75 Å². The van der Waals surface area contributed by atoms with Crippen molar-refractivity contribution in [2.24, 2.45) is 0 Å². The first-order valence-electron chi connectivity index (χ1n) is 9.22. The molecule has 0 bridgehead atoms. The third kappa shape index (κ3) is 3.60. The highest BCUT2D eigenvalue weighted by atomic mass is 16.5. The molecule has 26 heavy (non-hydrogen) atoms. The largest absolute Gasteiger partial charge is 0.494 e. The third-order valence-corrected chi connectivity index (χ3v) is 4.95. The fourth-order valence-electron chi connectivity index (χ4n) is 3.92. The summed E-state index contributed by atoms with van der Waals surface area (Å²) in [5.41, 5.74) is 2.65. The number of amides is 2. The van der Waals surface area contributed by atoms with E-state index in [1.165, 1.54) is 0 Å². The van der Waals surface area contributed by atoms with Gasteiger partial charge in [-0.2, -0.15) is 0 Å². The first kappa shape index (κ1) is 18.5. The van der Waals surface area contributed by atoms with Crippen molar-refractivity contribution in [1.29, 1.82) is 0 Å². The second-order valence-corrected chi connectivity index (χ2v) is 7.53. The maximum Gasteiger partial charge on any atom is 0.282 e. The second kappa shape index (κ2) is 7.11. The molecule has 6 nitrogen and oxygen atoms in total. The lowest BCUT2D eigenvalue weighted by Gasteiger charge is -2.42. The topological polar surface area (TPSA) is 63.1 Å². The second-order valence-electron chi connectivity index (χ2n) is 7.53. The summed E-state index contributed by atoms with van der Waals surface area (Å²) in [5, 5.41) is 2.81. The van der Waals surface area contributed by atoms with Crippen LogP contribution in [0.3, 0.4) is 0 Å². The van der Waals surface area contributed by atoms with E-state index in [1.54, 1.807) is 0 Å². The molecule has 1 aromatic carbocycles. The number of allylic oxidation sites excluding steroid dienone is 1. The minimum Gasteiger partial charge on any atom is -0.494 e. The Morgan fingerprint density at radius 3 is 2.85 bits per heavy atom. The molecule has 1 unspecified atom stereocenters. The van der Waals surface area contributed by atoms with Crippen molar-refractivity contribution in [3.05, 3.63) is 29.8 Å². The molecule has 0 saturated carbocycles. The summed E-state index contributed by atoms with van der Waals surface area (Å²) in [6.07, 6.45) is 2.13. The number of piperazine rings is 1. The van der Waals surface area contributed by atoms with Crippen molar-refractivity contribution < 1.29 is 19.2 Å². The van der Waals surface area contributed by atoms with Crippen LogP contribution in [0, 0.1) is 0 Å². The van der Waals surface area contributed by atoms with Crippen LogP contribution in [0.15, 0.2) is 24.3 Å². The van der Waals surface area contributed by atoms with Crippen LogP contribution in [0.1, 0.15) is 33.3 Å². The number of benzene rings is 1. The van der Waals surface area contributed by atoms with E-state index in [0.29, 0.717) is 26.2 Å². The molecule has 0 aliphatic carbocycles. The molecule has 1 saturated heterocycles. The van der Waals surface area contributed by atoms with Gasteiger partial charge in [-0.05, 0) is 51.5 Å². The summed E-state index contributed by atoms with van der Waals surface area (Å²) in [7, 11) is 0. The standard InChI is InChI=1S/C20H27N3O3/c1-5-26-15-6-7-17-16(10-15)14(2)11-20(3,4)23(17)19(25)13-22-9-8-21-18(24)12-22/h6-7,10-11H,5,8-9,12-13H2,1-4H3,(H,21,24)/p+1. The molecule has 0 spiro atoms. The van der Waals surface area contributed by atoms with Gasteiger partial charge >= 0.3 is 0 Å². The van der Waals surface area contributed by atoms with E-state index in [4.69, 9.17) is 4.74 Å². The van der Waals surface area contributed by atoms with Crippen LogP contribution in [0.2, 0.25) is 0 Å². The number of quaternary nitrogens is 1. The summed E-state index contributed by atoms with van der Waals surface area (Å²) < 4.78 is 5.62. The fourth-order valence-corrected chi connectivity index (χ4v) is 3.92. The van der Waals surface area contributed by atoms with Crippen molar-refractivity contribution in [2.75, 3.05) is 37.7 Å². The lowest BCUT2D eigenvalue weighted by molar-refractivity contribution is -0.885. The molecule has 1 atom stereocenters. The molecular formula is C20H28N3O3+. The van der Waals surface area contributed by atoms with Gasteiger partial charge in [0.25, 0.3) is 11.8 Å². The van der Waals surface area contributed by atoms with Crippen LogP contribution in [0.25, 0.3) is 5.57 Å². The van der Waals surface area contributed by atoms with Crippen LogP contribution in [-0.4, -0.2) is 50.1 Å². The lowest BCUT2D eigenvalue weighted by Crippen LogP contribution is -3.16. The van der Waals surface area contributed by atoms with Gasteiger partial charge in [0.2, 0.25) is 0 Å². The monoisotopic (exact) mass is 358 g/mol. The SMILES string of the molecule is CCOc1ccc2c(c1)C(C)=CC(C)(C)N2C(=O)C[NH+]1CCNC(=O)C1. The van der Waals surface area contributed by atoms with Crippen LogP contribution in [0.4, 0.5) is 5.69 Å². The summed E-state index contributed by atoms with van der Waals surface area (Å²) in [6.45, 7) is 10.8. The number of nitrogens with zero attached hydrogens (tertiary/aromatic N) is 1. The summed E-state index contributed by atoms with van der Waals surface area (Å²) in [5.74, 6) is 0.854. The van der Waals surface area contributed by atoms with E-state index >= 15 is 0 Å². The van der Waals surface area contributed by atoms with Crippen molar-refractivity contribution in [1.82, 2.24) is 5.32 Å². The summed E-state index contributed by atoms with van der Waals surface area (Å²) in [6, 6.07) is 5.88. The molecular weight excluding hydrogens is 330 g/mol. The van der Waals surface area contributed by atoms with Gasteiger partial charge in [0, 0.05) is 5.56 Å². The number of nitrogens with one attached hydrogen (secondary N) is 2. The van der Waals surface area contributed by atoms with Gasteiger partial charge < -0.3 is 15.0 Å². The number of hydrogen-bond acceptors (Lipinski definition) is 3. The molecule has 1 fully saturated rings. The Morgan fingerprint density at radius 1 is 1.38 bits per heavy atom. The molecule has 0 radical (unpaired) electrons. The molecule has 2 N–H and O–H groups in total. The van der Waals surface area contributed by atoms with Gasteiger partial charge in [0.1, 0.15) is 5.75 Å².